The minimum absolute atomic E-state index is 0. The predicted molar refractivity (Wildman–Crippen MR) is 54.5 cm³/mol. The number of ether oxygens (including phenoxy) is 1. The fourth-order valence-corrected chi connectivity index (χ4v) is 1.43. The Hall–Kier alpha value is 0.370. The number of esters is 1. The van der Waals surface area contributed by atoms with E-state index >= 15 is 0 Å². The van der Waals surface area contributed by atoms with Gasteiger partial charge in [-0.1, -0.05) is 13.8 Å². The van der Waals surface area contributed by atoms with Crippen LogP contribution in [-0.4, -0.2) is 36.2 Å². The Balaban J connectivity index is -0.00000144. The first-order valence-corrected chi connectivity index (χ1v) is 5.50. The van der Waals surface area contributed by atoms with E-state index in [1.165, 1.54) is 13.8 Å². The average Bonchev–Trinajstić information content (AvgIpc) is 2.30. The maximum Gasteiger partial charge on any atom is 1.00 e. The number of carbonyl (C=O) groups excluding carboxylic acids is 3. The van der Waals surface area contributed by atoms with Gasteiger partial charge >= 0.3 is 65.1 Å². The van der Waals surface area contributed by atoms with Crippen molar-refractivity contribution in [1.82, 2.24) is 0 Å². The normalized spacial score (nSPS) is 13.9. The molecule has 0 heterocycles. The number of carbonyl (C=O) groups is 3. The smallest absolute Gasteiger partial charge is 0.550 e. The molecule has 0 saturated heterocycles. The number of hydrogen-bond donors (Lipinski definition) is 1. The molecule has 9 heteroatoms. The van der Waals surface area contributed by atoms with E-state index in [9.17, 15) is 24.6 Å². The summed E-state index contributed by atoms with van der Waals surface area (Å²) in [5, 5.41) is 29.9. The van der Waals surface area contributed by atoms with Crippen molar-refractivity contribution < 1.29 is 93.6 Å². The van der Waals surface area contributed by atoms with Crippen LogP contribution in [0.4, 0.5) is 0 Å². The van der Waals surface area contributed by atoms with Crippen LogP contribution >= 0.6 is 0 Å². The van der Waals surface area contributed by atoms with E-state index in [-0.39, 0.29) is 78.7 Å². The molecular weight excluding hydrogens is 290 g/mol. The summed E-state index contributed by atoms with van der Waals surface area (Å²) < 4.78 is 4.61. The van der Waals surface area contributed by atoms with E-state index in [4.69, 9.17) is 5.11 Å². The molecule has 0 rings (SSSR count). The second kappa shape index (κ2) is 13.1. The largest absolute Gasteiger partial charge is 1.00 e. The average molecular weight is 306 g/mol. The van der Waals surface area contributed by atoms with Gasteiger partial charge in [0.1, 0.15) is 6.61 Å². The summed E-state index contributed by atoms with van der Waals surface area (Å²) in [6, 6.07) is 0. The minimum Gasteiger partial charge on any atom is -0.550 e. The van der Waals surface area contributed by atoms with Gasteiger partial charge in [0.25, 0.3) is 0 Å². The van der Waals surface area contributed by atoms with Crippen LogP contribution in [0.2, 0.25) is 0 Å². The van der Waals surface area contributed by atoms with E-state index in [1.807, 2.05) is 0 Å². The molecule has 0 bridgehead atoms. The molecule has 0 aromatic heterocycles. The summed E-state index contributed by atoms with van der Waals surface area (Å²) in [5.74, 6) is -7.15. The van der Waals surface area contributed by atoms with E-state index < -0.39 is 35.7 Å². The fraction of sp³-hybridized carbons (Fsp3) is 0.727. The third-order valence-corrected chi connectivity index (χ3v) is 2.62. The molecule has 3 unspecified atom stereocenters. The van der Waals surface area contributed by atoms with E-state index in [1.54, 1.807) is 0 Å². The molecule has 0 radical (unpaired) electrons. The summed E-state index contributed by atoms with van der Waals surface area (Å²) in [6.45, 7) is 2.08. The van der Waals surface area contributed by atoms with Crippen LogP contribution in [0.3, 0.4) is 0 Å². The number of hydrogen-bond acceptors (Lipinski definition) is 7. The van der Waals surface area contributed by atoms with E-state index in [2.05, 4.69) is 4.74 Å². The van der Waals surface area contributed by atoms with Crippen LogP contribution in [0.5, 0.6) is 0 Å². The SMILES string of the molecule is CC(CC(C(=O)[O-])C(C)C(=O)[O-])C(=O)OCCO.[Na+].[Na+]. The zero-order chi connectivity index (χ0) is 14.3. The summed E-state index contributed by atoms with van der Waals surface area (Å²) >= 11 is 0. The van der Waals surface area contributed by atoms with E-state index in [0.29, 0.717) is 0 Å². The van der Waals surface area contributed by atoms with Gasteiger partial charge < -0.3 is 29.6 Å². The van der Waals surface area contributed by atoms with Gasteiger partial charge in [-0.15, -0.1) is 0 Å². The van der Waals surface area contributed by atoms with Crippen molar-refractivity contribution in [2.75, 3.05) is 13.2 Å². The van der Waals surface area contributed by atoms with Gasteiger partial charge in [0.05, 0.1) is 12.5 Å². The monoisotopic (exact) mass is 306 g/mol. The molecule has 3 atom stereocenters. The van der Waals surface area contributed by atoms with Crippen molar-refractivity contribution in [3.63, 3.8) is 0 Å². The Morgan fingerprint density at radius 2 is 1.60 bits per heavy atom. The molecular formula is C11H16Na2O7. The van der Waals surface area contributed by atoms with Crippen molar-refractivity contribution in [1.29, 1.82) is 0 Å². The van der Waals surface area contributed by atoms with Gasteiger partial charge in [0, 0.05) is 23.8 Å². The number of carboxylic acids is 2. The molecule has 1 N–H and O–H groups in total. The number of rotatable bonds is 8. The Kier molecular flexibility index (Phi) is 16.5. The van der Waals surface area contributed by atoms with Gasteiger partial charge in [-0.25, -0.2) is 0 Å². The summed E-state index contributed by atoms with van der Waals surface area (Å²) in [5.41, 5.74) is 0. The molecule has 0 aromatic carbocycles. The van der Waals surface area contributed by atoms with Crippen LogP contribution in [-0.2, 0) is 19.1 Å². The zero-order valence-electron chi connectivity index (χ0n) is 12.3. The molecule has 0 spiro atoms. The van der Waals surface area contributed by atoms with Gasteiger partial charge in [0.15, 0.2) is 0 Å². The zero-order valence-corrected chi connectivity index (χ0v) is 16.3. The maximum atomic E-state index is 11.3. The molecule has 0 saturated carbocycles. The van der Waals surface area contributed by atoms with Crippen LogP contribution in [0.15, 0.2) is 0 Å². The number of aliphatic hydroxyl groups is 1. The topological polar surface area (TPSA) is 127 Å². The Morgan fingerprint density at radius 1 is 1.10 bits per heavy atom. The third kappa shape index (κ3) is 9.33. The maximum absolute atomic E-state index is 11.3. The molecule has 0 aromatic rings. The predicted octanol–water partition coefficient (Wildman–Crippen LogP) is -8.69. The number of aliphatic carboxylic acids is 2. The molecule has 7 nitrogen and oxygen atoms in total. The van der Waals surface area contributed by atoms with Crippen LogP contribution in [0.25, 0.3) is 0 Å². The number of aliphatic hydroxyl groups excluding tert-OH is 1. The van der Waals surface area contributed by atoms with Crippen LogP contribution in [0, 0.1) is 17.8 Å². The second-order valence-electron chi connectivity index (χ2n) is 4.06. The first-order valence-electron chi connectivity index (χ1n) is 5.50. The van der Waals surface area contributed by atoms with Crippen LogP contribution in [0.1, 0.15) is 20.3 Å². The second-order valence-corrected chi connectivity index (χ2v) is 4.06. The Bertz CT molecular complexity index is 322. The molecule has 0 aliphatic carbocycles. The molecule has 20 heavy (non-hydrogen) atoms. The van der Waals surface area contributed by atoms with Crippen molar-refractivity contribution in [3.05, 3.63) is 0 Å². The molecule has 104 valence electrons. The van der Waals surface area contributed by atoms with Crippen molar-refractivity contribution in [2.45, 2.75) is 20.3 Å². The Morgan fingerprint density at radius 3 is 1.95 bits per heavy atom. The van der Waals surface area contributed by atoms with Crippen LogP contribution < -0.4 is 69.3 Å². The third-order valence-electron chi connectivity index (χ3n) is 2.62. The molecule has 0 aliphatic heterocycles. The Labute approximate surface area is 161 Å². The summed E-state index contributed by atoms with van der Waals surface area (Å²) in [4.78, 5) is 32.8. The van der Waals surface area contributed by atoms with Crippen molar-refractivity contribution in [3.8, 4) is 0 Å². The van der Waals surface area contributed by atoms with Gasteiger partial charge in [-0.2, -0.15) is 0 Å². The van der Waals surface area contributed by atoms with E-state index in [0.717, 1.165) is 0 Å². The first-order chi connectivity index (χ1) is 8.31. The molecule has 0 amide bonds. The number of carboxylic acid groups (broad SMARTS) is 2. The quantitative estimate of drug-likeness (QED) is 0.348. The van der Waals surface area contributed by atoms with Crippen molar-refractivity contribution in [2.24, 2.45) is 17.8 Å². The van der Waals surface area contributed by atoms with Gasteiger partial charge in [-0.3, -0.25) is 4.79 Å². The summed E-state index contributed by atoms with van der Waals surface area (Å²) in [7, 11) is 0. The minimum atomic E-state index is -1.55. The fourth-order valence-electron chi connectivity index (χ4n) is 1.43. The van der Waals surface area contributed by atoms with Crippen molar-refractivity contribution >= 4 is 17.9 Å². The molecule has 0 aliphatic rings. The van der Waals surface area contributed by atoms with Gasteiger partial charge in [-0.05, 0) is 6.42 Å². The first kappa shape index (κ1) is 25.3. The van der Waals surface area contributed by atoms with Gasteiger partial charge in [0.2, 0.25) is 0 Å². The molecule has 0 fully saturated rings. The standard InChI is InChI=1S/C11H18O7.2Na/c1-6(11(17)18-4-3-12)5-8(10(15)16)7(2)9(13)14;;/h6-8,12H,3-5H2,1-2H3,(H,13,14)(H,15,16);;/q;2*+1/p-2. The summed E-state index contributed by atoms with van der Waals surface area (Å²) in [6.07, 6.45) is -0.220.